The number of phosphoric acid groups is 3. The van der Waals surface area contributed by atoms with Gasteiger partial charge in [-0.15, -0.1) is 0 Å². The van der Waals surface area contributed by atoms with E-state index in [1.54, 1.807) is 0 Å². The number of aliphatic hydroxyl groups is 2. The summed E-state index contributed by atoms with van der Waals surface area (Å²) in [5.74, 6) is -0.953. The molecule has 202 valence electrons. The van der Waals surface area contributed by atoms with Crippen molar-refractivity contribution in [2.45, 2.75) is 30.5 Å². The van der Waals surface area contributed by atoms with E-state index >= 15 is 0 Å². The fraction of sp³-hybridized carbons (Fsp3) is 0.538. The summed E-state index contributed by atoms with van der Waals surface area (Å²) in [7, 11) is -17.0. The van der Waals surface area contributed by atoms with Crippen molar-refractivity contribution in [2.24, 2.45) is 5.73 Å². The lowest BCUT2D eigenvalue weighted by Gasteiger charge is -2.32. The Balaban J connectivity index is 1.90. The highest BCUT2D eigenvalue weighted by Gasteiger charge is 2.60. The van der Waals surface area contributed by atoms with Crippen LogP contribution in [0.3, 0.4) is 0 Å². The summed E-state index contributed by atoms with van der Waals surface area (Å²) >= 11 is 0. The Hall–Kier alpha value is -1.73. The first-order valence-corrected chi connectivity index (χ1v) is 14.0. The summed E-state index contributed by atoms with van der Waals surface area (Å²) in [4.78, 5) is 60.8. The Labute approximate surface area is 200 Å². The van der Waals surface area contributed by atoms with E-state index in [1.807, 2.05) is 0 Å². The number of aliphatic hydroxyl groups excluding tert-OH is 2. The zero-order chi connectivity index (χ0) is 27.1. The molecule has 0 saturated carbocycles. The van der Waals surface area contributed by atoms with Crippen LogP contribution in [0.2, 0.25) is 0 Å². The molecule has 2 aromatic rings. The number of hydrogen-bond acceptors (Lipinski definition) is 15. The minimum Gasteiger partial charge on any atom is -0.387 e. The summed E-state index contributed by atoms with van der Waals surface area (Å²) in [6, 6.07) is 0. The second-order valence-corrected chi connectivity index (χ2v) is 11.6. The highest BCUT2D eigenvalue weighted by Crippen LogP contribution is 2.66. The van der Waals surface area contributed by atoms with Crippen LogP contribution in [0.15, 0.2) is 12.7 Å². The molecule has 0 radical (unpaired) electrons. The first kappa shape index (κ1) is 28.8. The number of imidazole rings is 1. The Kier molecular flexibility index (Phi) is 8.17. The van der Waals surface area contributed by atoms with Gasteiger partial charge in [0.1, 0.15) is 36.5 Å². The maximum Gasteiger partial charge on any atom is 0.490 e. The van der Waals surface area contributed by atoms with Gasteiger partial charge in [0, 0.05) is 6.42 Å². The maximum absolute atomic E-state index is 13.1. The summed E-state index contributed by atoms with van der Waals surface area (Å²) in [5, 5.41) is 21.4. The molecule has 1 aliphatic rings. The van der Waals surface area contributed by atoms with Crippen LogP contribution in [0.25, 0.3) is 11.2 Å². The van der Waals surface area contributed by atoms with E-state index in [4.69, 9.17) is 26.0 Å². The number of phosphoric ester groups is 1. The lowest BCUT2D eigenvalue weighted by Crippen LogP contribution is -2.52. The second-order valence-electron chi connectivity index (χ2n) is 7.18. The van der Waals surface area contributed by atoms with Crippen molar-refractivity contribution >= 4 is 46.2 Å². The van der Waals surface area contributed by atoms with Gasteiger partial charge in [0.2, 0.25) is 5.72 Å². The van der Waals surface area contributed by atoms with E-state index in [0.717, 1.165) is 17.2 Å². The minimum absolute atomic E-state index is 0.0134. The van der Waals surface area contributed by atoms with Crippen molar-refractivity contribution in [2.75, 3.05) is 18.9 Å². The van der Waals surface area contributed by atoms with Crippen LogP contribution in [-0.2, 0) is 42.1 Å². The van der Waals surface area contributed by atoms with Crippen LogP contribution >= 0.6 is 23.5 Å². The van der Waals surface area contributed by atoms with Crippen LogP contribution in [0.4, 0.5) is 5.82 Å². The monoisotopic (exact) mass is 578 g/mol. The molecule has 10 N–H and O–H groups in total. The molecule has 2 unspecified atom stereocenters. The molecule has 23 heteroatoms. The van der Waals surface area contributed by atoms with E-state index in [2.05, 4.69) is 28.1 Å². The van der Waals surface area contributed by atoms with E-state index < -0.39 is 59.9 Å². The topological polar surface area (TPSA) is 322 Å². The molecule has 0 amide bonds. The fourth-order valence-corrected chi connectivity index (χ4v) is 6.41. The van der Waals surface area contributed by atoms with Gasteiger partial charge >= 0.3 is 23.5 Å². The molecule has 2 aromatic heterocycles. The van der Waals surface area contributed by atoms with Gasteiger partial charge in [0.15, 0.2) is 17.2 Å². The molecule has 6 atom stereocenters. The Morgan fingerprint density at radius 2 is 1.78 bits per heavy atom. The van der Waals surface area contributed by atoms with Crippen molar-refractivity contribution in [3.05, 3.63) is 12.7 Å². The highest BCUT2D eigenvalue weighted by atomic mass is 31.3. The normalized spacial score (nSPS) is 28.1. The van der Waals surface area contributed by atoms with E-state index in [9.17, 15) is 38.5 Å². The number of aromatic nitrogens is 4. The number of hydrogen-bond donors (Lipinski definition) is 8. The van der Waals surface area contributed by atoms with Crippen molar-refractivity contribution in [3.8, 4) is 0 Å². The molecule has 36 heavy (non-hydrogen) atoms. The van der Waals surface area contributed by atoms with Gasteiger partial charge in [-0.2, -0.15) is 8.62 Å². The Morgan fingerprint density at radius 3 is 2.39 bits per heavy atom. The van der Waals surface area contributed by atoms with Gasteiger partial charge in [-0.05, 0) is 6.54 Å². The number of ketones is 1. The Bertz CT molecular complexity index is 1280. The molecule has 3 rings (SSSR count). The standard InChI is InChI=1S/C13H21N6O14P3/c14-2-1-7(20)13(19-5-18-8-11(15)16-4-17-12(8)19)10(22)9(21)6(31-13)3-30-35(26,27)33-36(28,29)32-34(23,24)25/h4-6,9-10,21-22H,1-3,14H2,(H,26,27)(H,28,29)(H2,15,16,17)(H2,23,24,25)/t6-,9-,10-,13-/m1/s1. The van der Waals surface area contributed by atoms with Crippen LogP contribution in [-0.4, -0.2) is 86.6 Å². The van der Waals surface area contributed by atoms with Gasteiger partial charge in [-0.3, -0.25) is 13.9 Å². The molecule has 0 spiro atoms. The third-order valence-corrected chi connectivity index (χ3v) is 8.55. The van der Waals surface area contributed by atoms with Gasteiger partial charge in [0.05, 0.1) is 6.61 Å². The third-order valence-electron chi connectivity index (χ3n) is 4.74. The number of anilines is 1. The van der Waals surface area contributed by atoms with Gasteiger partial charge in [0.25, 0.3) is 0 Å². The van der Waals surface area contributed by atoms with Crippen LogP contribution < -0.4 is 11.5 Å². The van der Waals surface area contributed by atoms with E-state index in [1.165, 1.54) is 0 Å². The molecule has 3 heterocycles. The zero-order valence-corrected chi connectivity index (χ0v) is 20.4. The third kappa shape index (κ3) is 5.88. The van der Waals surface area contributed by atoms with Crippen molar-refractivity contribution < 1.29 is 66.2 Å². The number of fused-ring (bicyclic) bond motifs is 1. The minimum atomic E-state index is -5.81. The molecular formula is C13H21N6O14P3. The first-order chi connectivity index (χ1) is 16.5. The molecule has 1 saturated heterocycles. The lowest BCUT2D eigenvalue weighted by molar-refractivity contribution is -0.173. The number of nitrogens with two attached hydrogens (primary N) is 2. The van der Waals surface area contributed by atoms with Crippen LogP contribution in [0.5, 0.6) is 0 Å². The van der Waals surface area contributed by atoms with Crippen LogP contribution in [0, 0.1) is 0 Å². The predicted octanol–water partition coefficient (Wildman–Crippen LogP) is -2.56. The molecule has 1 fully saturated rings. The number of carbonyl (C=O) groups is 1. The van der Waals surface area contributed by atoms with Gasteiger partial charge < -0.3 is 46.0 Å². The van der Waals surface area contributed by atoms with Gasteiger partial charge in [-0.1, -0.05) is 0 Å². The largest absolute Gasteiger partial charge is 0.490 e. The van der Waals surface area contributed by atoms with Crippen LogP contribution in [0.1, 0.15) is 6.42 Å². The van der Waals surface area contributed by atoms with E-state index in [-0.39, 0.29) is 29.9 Å². The summed E-state index contributed by atoms with van der Waals surface area (Å²) in [6.07, 6.45) is -4.13. The van der Waals surface area contributed by atoms with E-state index in [0.29, 0.717) is 0 Å². The summed E-state index contributed by atoms with van der Waals surface area (Å²) in [6.45, 7) is -1.36. The highest BCUT2D eigenvalue weighted by molar-refractivity contribution is 7.66. The number of carbonyl (C=O) groups excluding carboxylic acids is 1. The number of Topliss-reactive ketones (excluding diaryl/α,β-unsaturated/α-hetero) is 1. The Morgan fingerprint density at radius 1 is 1.11 bits per heavy atom. The van der Waals surface area contributed by atoms with Crippen molar-refractivity contribution in [1.82, 2.24) is 19.5 Å². The summed E-state index contributed by atoms with van der Waals surface area (Å²) in [5.41, 5.74) is 8.69. The molecule has 0 aliphatic carbocycles. The summed E-state index contributed by atoms with van der Waals surface area (Å²) < 4.78 is 52.4. The molecule has 1 aliphatic heterocycles. The zero-order valence-electron chi connectivity index (χ0n) is 17.7. The molecule has 20 nitrogen and oxygen atoms in total. The first-order valence-electron chi connectivity index (χ1n) is 9.52. The number of rotatable bonds is 11. The second kappa shape index (κ2) is 10.2. The van der Waals surface area contributed by atoms with Gasteiger partial charge in [-0.25, -0.2) is 28.6 Å². The maximum atomic E-state index is 13.1. The number of ether oxygens (including phenoxy) is 1. The molecule has 0 bridgehead atoms. The quantitative estimate of drug-likeness (QED) is 0.127. The molecule has 0 aromatic carbocycles. The smallest absolute Gasteiger partial charge is 0.387 e. The number of nitrogens with zero attached hydrogens (tertiary/aromatic N) is 4. The average molecular weight is 578 g/mol. The predicted molar refractivity (Wildman–Crippen MR) is 113 cm³/mol. The SMILES string of the molecule is NCCC(=O)[C@@]1(n2cnc3c(N)ncnc32)O[C@H](COP(=O)(O)OP(=O)(O)OP(=O)(O)O)[C@@H](O)[C@H]1O. The lowest BCUT2D eigenvalue weighted by atomic mass is 9.96. The van der Waals surface area contributed by atoms with Crippen molar-refractivity contribution in [1.29, 1.82) is 0 Å². The average Bonchev–Trinajstić information content (AvgIpc) is 3.26. The fourth-order valence-electron chi connectivity index (χ4n) is 3.38. The van der Waals surface area contributed by atoms with Crippen molar-refractivity contribution in [3.63, 3.8) is 0 Å². The molecular weight excluding hydrogens is 557 g/mol. The number of nitrogen functional groups attached to an aromatic ring is 1.